The van der Waals surface area contributed by atoms with Gasteiger partial charge in [-0.2, -0.15) is 0 Å². The van der Waals surface area contributed by atoms with Gasteiger partial charge in [-0.25, -0.2) is 8.78 Å². The van der Waals surface area contributed by atoms with Gasteiger partial charge in [0.25, 0.3) is 5.91 Å². The van der Waals surface area contributed by atoms with Gasteiger partial charge in [-0.3, -0.25) is 4.79 Å². The molecule has 0 bridgehead atoms. The first-order chi connectivity index (χ1) is 9.04. The molecule has 0 radical (unpaired) electrons. The van der Waals surface area contributed by atoms with E-state index in [4.69, 9.17) is 5.73 Å². The van der Waals surface area contributed by atoms with Gasteiger partial charge < -0.3 is 15.7 Å². The number of benzene rings is 1. The summed E-state index contributed by atoms with van der Waals surface area (Å²) >= 11 is 0. The second-order valence-electron chi connectivity index (χ2n) is 4.68. The maximum atomic E-state index is 13.4. The summed E-state index contributed by atoms with van der Waals surface area (Å²) < 4.78 is 26.7. The van der Waals surface area contributed by atoms with E-state index >= 15 is 0 Å². The van der Waals surface area contributed by atoms with E-state index in [1.54, 1.807) is 0 Å². The Hall–Kier alpha value is -1.69. The molecular weight excluding hydrogens is 254 g/mol. The molecule has 0 aromatic heterocycles. The summed E-state index contributed by atoms with van der Waals surface area (Å²) in [6.07, 6.45) is 2.45. The number of amides is 1. The van der Waals surface area contributed by atoms with E-state index in [0.717, 1.165) is 25.0 Å². The van der Waals surface area contributed by atoms with Crippen molar-refractivity contribution in [3.05, 3.63) is 29.3 Å². The van der Waals surface area contributed by atoms with E-state index in [-0.39, 0.29) is 18.2 Å². The molecule has 4 nitrogen and oxygen atoms in total. The number of nitrogen functional groups attached to an aromatic ring is 1. The summed E-state index contributed by atoms with van der Waals surface area (Å²) in [5.41, 5.74) is 4.50. The first-order valence-corrected chi connectivity index (χ1v) is 6.21. The van der Waals surface area contributed by atoms with Crippen LogP contribution < -0.4 is 5.73 Å². The zero-order chi connectivity index (χ0) is 14.0. The third-order valence-corrected chi connectivity index (χ3v) is 3.42. The van der Waals surface area contributed by atoms with Crippen LogP contribution in [0.2, 0.25) is 0 Å². The molecule has 1 aliphatic heterocycles. The van der Waals surface area contributed by atoms with Crippen molar-refractivity contribution in [2.45, 2.75) is 25.3 Å². The Balaban J connectivity index is 2.28. The Morgan fingerprint density at radius 2 is 2.00 bits per heavy atom. The molecule has 1 saturated heterocycles. The van der Waals surface area contributed by atoms with Crippen molar-refractivity contribution in [3.63, 3.8) is 0 Å². The quantitative estimate of drug-likeness (QED) is 0.801. The van der Waals surface area contributed by atoms with Gasteiger partial charge in [0, 0.05) is 12.1 Å². The third kappa shape index (κ3) is 2.68. The molecule has 19 heavy (non-hydrogen) atoms. The van der Waals surface area contributed by atoms with Crippen molar-refractivity contribution < 1.29 is 18.7 Å². The molecule has 1 amide bonds. The molecule has 0 spiro atoms. The normalized spacial score (nSPS) is 19.5. The number of rotatable bonds is 2. The first-order valence-electron chi connectivity index (χ1n) is 6.21. The highest BCUT2D eigenvalue weighted by Crippen LogP contribution is 2.22. The fraction of sp³-hybridized carbons (Fsp3) is 0.462. The van der Waals surface area contributed by atoms with Gasteiger partial charge in [0.1, 0.15) is 17.3 Å². The lowest BCUT2D eigenvalue weighted by Gasteiger charge is -2.34. The number of carbonyl (C=O) groups excluding carboxylic acids is 1. The summed E-state index contributed by atoms with van der Waals surface area (Å²) in [6, 6.07) is 1.58. The highest BCUT2D eigenvalue weighted by atomic mass is 19.1. The summed E-state index contributed by atoms with van der Waals surface area (Å²) in [5, 5.41) is 9.25. The van der Waals surface area contributed by atoms with Gasteiger partial charge in [0.05, 0.1) is 12.6 Å². The topological polar surface area (TPSA) is 66.6 Å². The lowest BCUT2D eigenvalue weighted by atomic mass is 10.0. The monoisotopic (exact) mass is 270 g/mol. The molecule has 1 aliphatic rings. The Labute approximate surface area is 109 Å². The minimum atomic E-state index is -0.944. The van der Waals surface area contributed by atoms with Crippen LogP contribution in [0.1, 0.15) is 29.6 Å². The molecule has 0 aliphatic carbocycles. The molecule has 2 rings (SSSR count). The fourth-order valence-corrected chi connectivity index (χ4v) is 2.33. The second kappa shape index (κ2) is 5.52. The van der Waals surface area contributed by atoms with Gasteiger partial charge in [0.2, 0.25) is 0 Å². The Morgan fingerprint density at radius 1 is 1.37 bits per heavy atom. The number of piperidine rings is 1. The lowest BCUT2D eigenvalue weighted by molar-refractivity contribution is 0.0502. The lowest BCUT2D eigenvalue weighted by Crippen LogP contribution is -2.45. The minimum Gasteiger partial charge on any atom is -0.394 e. The van der Waals surface area contributed by atoms with E-state index in [2.05, 4.69) is 0 Å². The molecule has 6 heteroatoms. The van der Waals surface area contributed by atoms with Crippen LogP contribution in [0.3, 0.4) is 0 Å². The zero-order valence-corrected chi connectivity index (χ0v) is 10.4. The van der Waals surface area contributed by atoms with Crippen LogP contribution in [0, 0.1) is 11.6 Å². The van der Waals surface area contributed by atoms with Crippen molar-refractivity contribution in [2.24, 2.45) is 0 Å². The summed E-state index contributed by atoms with van der Waals surface area (Å²) in [6.45, 7) is 0.337. The average Bonchev–Trinajstić information content (AvgIpc) is 2.43. The predicted molar refractivity (Wildman–Crippen MR) is 66.5 cm³/mol. The maximum Gasteiger partial charge on any atom is 0.254 e. The second-order valence-corrected chi connectivity index (χ2v) is 4.68. The first kappa shape index (κ1) is 13.7. The van der Waals surface area contributed by atoms with Crippen LogP contribution in [0.4, 0.5) is 14.5 Å². The van der Waals surface area contributed by atoms with E-state index in [9.17, 15) is 18.7 Å². The fourth-order valence-electron chi connectivity index (χ4n) is 2.33. The van der Waals surface area contributed by atoms with Gasteiger partial charge in [-0.15, -0.1) is 0 Å². The van der Waals surface area contributed by atoms with E-state index in [1.807, 2.05) is 0 Å². The van der Waals surface area contributed by atoms with Crippen molar-refractivity contribution in [3.8, 4) is 0 Å². The number of halogens is 2. The van der Waals surface area contributed by atoms with Gasteiger partial charge in [0.15, 0.2) is 0 Å². The number of aliphatic hydroxyl groups is 1. The molecule has 3 N–H and O–H groups in total. The van der Waals surface area contributed by atoms with Crippen molar-refractivity contribution >= 4 is 11.6 Å². The molecule has 1 unspecified atom stereocenters. The summed E-state index contributed by atoms with van der Waals surface area (Å²) in [7, 11) is 0. The Bertz CT molecular complexity index is 471. The highest BCUT2D eigenvalue weighted by molar-refractivity contribution is 5.95. The molecular formula is C13H16F2N2O2. The van der Waals surface area contributed by atoms with Crippen LogP contribution in [-0.4, -0.2) is 35.1 Å². The summed E-state index contributed by atoms with van der Waals surface area (Å²) in [5.74, 6) is -2.36. The molecule has 0 saturated carbocycles. The van der Waals surface area contributed by atoms with E-state index < -0.39 is 23.2 Å². The number of nitrogens with two attached hydrogens (primary N) is 1. The Kier molecular flexibility index (Phi) is 3.99. The average molecular weight is 270 g/mol. The van der Waals surface area contributed by atoms with Crippen LogP contribution in [0.15, 0.2) is 12.1 Å². The maximum absolute atomic E-state index is 13.4. The van der Waals surface area contributed by atoms with Gasteiger partial charge >= 0.3 is 0 Å². The van der Waals surface area contributed by atoms with Crippen LogP contribution in [0.5, 0.6) is 0 Å². The number of anilines is 1. The van der Waals surface area contributed by atoms with Crippen molar-refractivity contribution in [1.29, 1.82) is 0 Å². The third-order valence-electron chi connectivity index (χ3n) is 3.42. The number of hydrogen-bond acceptors (Lipinski definition) is 3. The number of nitrogens with zero attached hydrogens (tertiary/aromatic N) is 1. The molecule has 1 fully saturated rings. The predicted octanol–water partition coefficient (Wildman–Crippen LogP) is 1.53. The molecule has 1 atom stereocenters. The minimum absolute atomic E-state index is 0.0791. The summed E-state index contributed by atoms with van der Waals surface area (Å²) in [4.78, 5) is 13.7. The standard InChI is InChI=1S/C13H16F2N2O2/c14-10-5-8(6-11(15)12(10)16)13(19)17-4-2-1-3-9(17)7-18/h5-6,9,18H,1-4,7,16H2. The van der Waals surface area contributed by atoms with E-state index in [0.29, 0.717) is 13.0 Å². The number of carbonyl (C=O) groups is 1. The molecule has 1 heterocycles. The van der Waals surface area contributed by atoms with Gasteiger partial charge in [-0.1, -0.05) is 0 Å². The largest absolute Gasteiger partial charge is 0.394 e. The number of hydrogen-bond donors (Lipinski definition) is 2. The van der Waals surface area contributed by atoms with Crippen LogP contribution in [0.25, 0.3) is 0 Å². The molecule has 104 valence electrons. The van der Waals surface area contributed by atoms with E-state index in [1.165, 1.54) is 4.90 Å². The van der Waals surface area contributed by atoms with Gasteiger partial charge in [-0.05, 0) is 31.4 Å². The van der Waals surface area contributed by atoms with Crippen molar-refractivity contribution in [2.75, 3.05) is 18.9 Å². The molecule has 1 aromatic rings. The smallest absolute Gasteiger partial charge is 0.254 e. The van der Waals surface area contributed by atoms with Crippen LogP contribution in [-0.2, 0) is 0 Å². The van der Waals surface area contributed by atoms with Crippen molar-refractivity contribution in [1.82, 2.24) is 4.90 Å². The SMILES string of the molecule is Nc1c(F)cc(C(=O)N2CCCCC2CO)cc1F. The number of likely N-dealkylation sites (tertiary alicyclic amines) is 1. The molecule has 1 aromatic carbocycles. The highest BCUT2D eigenvalue weighted by Gasteiger charge is 2.27. The van der Waals surface area contributed by atoms with Crippen LogP contribution >= 0.6 is 0 Å². The zero-order valence-electron chi connectivity index (χ0n) is 10.4. The Morgan fingerprint density at radius 3 is 2.58 bits per heavy atom. The number of aliphatic hydroxyl groups excluding tert-OH is 1.